The molecule has 142 valence electrons. The summed E-state index contributed by atoms with van der Waals surface area (Å²) in [4.78, 5) is 11.2. The molecular formula is C26H15NO3. The molecule has 0 saturated carbocycles. The van der Waals surface area contributed by atoms with Crippen LogP contribution < -0.4 is 0 Å². The second-order valence-electron chi connectivity index (χ2n) is 7.38. The average Bonchev–Trinajstić information content (AvgIpc) is 3.19. The fourth-order valence-corrected chi connectivity index (χ4v) is 4.45. The third-order valence-corrected chi connectivity index (χ3v) is 5.76. The van der Waals surface area contributed by atoms with E-state index in [-0.39, 0.29) is 10.6 Å². The molecule has 5 aromatic carbocycles. The Morgan fingerprint density at radius 3 is 2.20 bits per heavy atom. The first-order chi connectivity index (χ1) is 14.7. The molecule has 0 aliphatic rings. The van der Waals surface area contributed by atoms with Gasteiger partial charge in [-0.25, -0.2) is 0 Å². The maximum Gasteiger partial charge on any atom is 0.277 e. The summed E-state index contributed by atoms with van der Waals surface area (Å²) in [5, 5.41) is 17.9. The molecule has 0 atom stereocenters. The van der Waals surface area contributed by atoms with Crippen molar-refractivity contribution in [3.05, 3.63) is 101 Å². The van der Waals surface area contributed by atoms with Crippen molar-refractivity contribution in [3.63, 3.8) is 0 Å². The molecule has 0 fully saturated rings. The third-order valence-electron chi connectivity index (χ3n) is 5.76. The first kappa shape index (κ1) is 16.7. The molecule has 0 aliphatic carbocycles. The molecule has 0 unspecified atom stereocenters. The topological polar surface area (TPSA) is 56.3 Å². The summed E-state index contributed by atoms with van der Waals surface area (Å²) in [6.45, 7) is 0. The average molecular weight is 389 g/mol. The SMILES string of the molecule is O=[N+]([O-])c1ccccc1-c1ccc2c(c1)c1ccccc1c1oc3ccccc3c21. The monoisotopic (exact) mass is 389 g/mol. The minimum absolute atomic E-state index is 0.107. The van der Waals surface area contributed by atoms with Crippen LogP contribution in [-0.2, 0) is 0 Å². The lowest BCUT2D eigenvalue weighted by atomic mass is 9.93. The second-order valence-corrected chi connectivity index (χ2v) is 7.38. The zero-order chi connectivity index (χ0) is 20.2. The lowest BCUT2D eigenvalue weighted by molar-refractivity contribution is -0.384. The zero-order valence-electron chi connectivity index (χ0n) is 15.8. The summed E-state index contributed by atoms with van der Waals surface area (Å²) in [5.41, 5.74) is 3.28. The number of fused-ring (bicyclic) bond motifs is 8. The second kappa shape index (κ2) is 6.16. The fourth-order valence-electron chi connectivity index (χ4n) is 4.45. The van der Waals surface area contributed by atoms with E-state index in [1.807, 2.05) is 42.5 Å². The van der Waals surface area contributed by atoms with Gasteiger partial charge in [-0.1, -0.05) is 66.7 Å². The van der Waals surface area contributed by atoms with E-state index in [0.717, 1.165) is 49.0 Å². The molecule has 4 heteroatoms. The molecule has 0 N–H and O–H groups in total. The van der Waals surface area contributed by atoms with E-state index in [9.17, 15) is 10.1 Å². The third kappa shape index (κ3) is 2.28. The minimum atomic E-state index is -0.329. The molecule has 1 heterocycles. The molecule has 6 rings (SSSR count). The predicted octanol–water partition coefficient (Wildman–Crippen LogP) is 7.47. The van der Waals surface area contributed by atoms with E-state index in [1.165, 1.54) is 0 Å². The number of benzene rings is 5. The lowest BCUT2D eigenvalue weighted by Crippen LogP contribution is -1.91. The first-order valence-corrected chi connectivity index (χ1v) is 9.72. The molecule has 0 saturated heterocycles. The normalized spacial score (nSPS) is 11.6. The standard InChI is InChI=1S/C26H15NO3/c28-27(29)23-11-5-3-7-17(23)16-13-14-19-22(15-16)18-8-1-2-9-20(18)26-25(19)21-10-4-6-12-24(21)30-26/h1-15H. The predicted molar refractivity (Wildman–Crippen MR) is 121 cm³/mol. The number of hydrogen-bond acceptors (Lipinski definition) is 3. The number of para-hydroxylation sites is 2. The molecule has 0 radical (unpaired) electrons. The summed E-state index contributed by atoms with van der Waals surface area (Å²) < 4.78 is 6.25. The summed E-state index contributed by atoms with van der Waals surface area (Å²) >= 11 is 0. The van der Waals surface area contributed by atoms with Crippen LogP contribution in [0.25, 0.3) is 54.6 Å². The molecule has 1 aromatic heterocycles. The van der Waals surface area contributed by atoms with Gasteiger partial charge in [0.1, 0.15) is 11.2 Å². The molecule has 0 aliphatic heterocycles. The van der Waals surface area contributed by atoms with E-state index < -0.39 is 0 Å². The van der Waals surface area contributed by atoms with Crippen LogP contribution in [0.5, 0.6) is 0 Å². The minimum Gasteiger partial charge on any atom is -0.455 e. The van der Waals surface area contributed by atoms with E-state index in [1.54, 1.807) is 18.2 Å². The molecule has 0 amide bonds. The van der Waals surface area contributed by atoms with Gasteiger partial charge in [-0.05, 0) is 39.9 Å². The van der Waals surface area contributed by atoms with E-state index in [0.29, 0.717) is 5.56 Å². The summed E-state index contributed by atoms with van der Waals surface area (Å²) in [6.07, 6.45) is 0. The van der Waals surface area contributed by atoms with Gasteiger partial charge in [-0.15, -0.1) is 0 Å². The van der Waals surface area contributed by atoms with Gasteiger partial charge in [0.2, 0.25) is 0 Å². The van der Waals surface area contributed by atoms with Crippen molar-refractivity contribution in [2.45, 2.75) is 0 Å². The van der Waals surface area contributed by atoms with E-state index in [2.05, 4.69) is 30.3 Å². The van der Waals surface area contributed by atoms with Crippen molar-refractivity contribution in [2.24, 2.45) is 0 Å². The van der Waals surface area contributed by atoms with Crippen molar-refractivity contribution >= 4 is 49.2 Å². The first-order valence-electron chi connectivity index (χ1n) is 9.72. The smallest absolute Gasteiger partial charge is 0.277 e. The van der Waals surface area contributed by atoms with Crippen molar-refractivity contribution < 1.29 is 9.34 Å². The largest absolute Gasteiger partial charge is 0.455 e. The van der Waals surface area contributed by atoms with Crippen LogP contribution in [0.15, 0.2) is 95.4 Å². The Labute approximate surface area is 171 Å². The van der Waals surface area contributed by atoms with E-state index in [4.69, 9.17) is 4.42 Å². The van der Waals surface area contributed by atoms with Crippen LogP contribution in [0.2, 0.25) is 0 Å². The number of nitro benzene ring substituents is 1. The lowest BCUT2D eigenvalue weighted by Gasteiger charge is -2.09. The Morgan fingerprint density at radius 1 is 0.667 bits per heavy atom. The van der Waals surface area contributed by atoms with Crippen LogP contribution in [0.3, 0.4) is 0 Å². The maximum absolute atomic E-state index is 11.6. The summed E-state index contributed by atoms with van der Waals surface area (Å²) in [7, 11) is 0. The molecule has 4 nitrogen and oxygen atoms in total. The highest BCUT2D eigenvalue weighted by molar-refractivity contribution is 6.30. The van der Waals surface area contributed by atoms with Gasteiger partial charge < -0.3 is 4.42 Å². The van der Waals surface area contributed by atoms with Crippen molar-refractivity contribution in [1.82, 2.24) is 0 Å². The Morgan fingerprint density at radius 2 is 1.37 bits per heavy atom. The Hall–Kier alpha value is -4.18. The Kier molecular flexibility index (Phi) is 3.44. The van der Waals surface area contributed by atoms with Gasteiger partial charge >= 0.3 is 0 Å². The highest BCUT2D eigenvalue weighted by Gasteiger charge is 2.18. The zero-order valence-corrected chi connectivity index (χ0v) is 15.8. The van der Waals surface area contributed by atoms with Gasteiger partial charge in [-0.2, -0.15) is 0 Å². The van der Waals surface area contributed by atoms with Crippen LogP contribution >= 0.6 is 0 Å². The number of nitrogens with zero attached hydrogens (tertiary/aromatic N) is 1. The molecular weight excluding hydrogens is 374 g/mol. The molecule has 0 bridgehead atoms. The summed E-state index contributed by atoms with van der Waals surface area (Å²) in [5.74, 6) is 0. The molecule has 30 heavy (non-hydrogen) atoms. The van der Waals surface area contributed by atoms with Crippen molar-refractivity contribution in [3.8, 4) is 11.1 Å². The number of nitro groups is 1. The number of hydrogen-bond donors (Lipinski definition) is 0. The number of rotatable bonds is 2. The number of furan rings is 1. The van der Waals surface area contributed by atoms with Gasteiger partial charge in [-0.3, -0.25) is 10.1 Å². The fraction of sp³-hybridized carbons (Fsp3) is 0. The van der Waals surface area contributed by atoms with Gasteiger partial charge in [0.25, 0.3) is 5.69 Å². The highest BCUT2D eigenvalue weighted by atomic mass is 16.6. The van der Waals surface area contributed by atoms with Gasteiger partial charge in [0.05, 0.1) is 10.5 Å². The molecule has 6 aromatic rings. The van der Waals surface area contributed by atoms with Crippen LogP contribution in [0.1, 0.15) is 0 Å². The maximum atomic E-state index is 11.6. The molecule has 0 spiro atoms. The quantitative estimate of drug-likeness (QED) is 0.175. The highest BCUT2D eigenvalue weighted by Crippen LogP contribution is 2.42. The van der Waals surface area contributed by atoms with Crippen LogP contribution in [0.4, 0.5) is 5.69 Å². The van der Waals surface area contributed by atoms with Crippen LogP contribution in [0, 0.1) is 10.1 Å². The Balaban J connectivity index is 1.79. The van der Waals surface area contributed by atoms with Crippen molar-refractivity contribution in [1.29, 1.82) is 0 Å². The Bertz CT molecular complexity index is 1630. The summed E-state index contributed by atoms with van der Waals surface area (Å²) in [6, 6.07) is 29.1. The van der Waals surface area contributed by atoms with Gasteiger partial charge in [0, 0.05) is 22.2 Å². The van der Waals surface area contributed by atoms with Crippen molar-refractivity contribution in [2.75, 3.05) is 0 Å². The van der Waals surface area contributed by atoms with Gasteiger partial charge in [0.15, 0.2) is 0 Å². The van der Waals surface area contributed by atoms with E-state index >= 15 is 0 Å². The van der Waals surface area contributed by atoms with Crippen LogP contribution in [-0.4, -0.2) is 4.92 Å².